The monoisotopic (exact) mass is 493 g/mol. The van der Waals surface area contributed by atoms with Crippen molar-refractivity contribution in [2.24, 2.45) is 10.9 Å². The number of thiophene rings is 1. The van der Waals surface area contributed by atoms with Crippen LogP contribution in [0.25, 0.3) is 10.2 Å². The maximum Gasteiger partial charge on any atom is 0.226 e. The Labute approximate surface area is 206 Å². The van der Waals surface area contributed by atoms with Crippen molar-refractivity contribution in [3.8, 4) is 5.75 Å². The smallest absolute Gasteiger partial charge is 0.226 e. The van der Waals surface area contributed by atoms with Crippen LogP contribution in [0, 0.1) is 5.92 Å². The highest BCUT2D eigenvalue weighted by molar-refractivity contribution is 7.19. The summed E-state index contributed by atoms with van der Waals surface area (Å²) >= 11 is 1.61. The molecule has 3 aliphatic rings. The average molecular weight is 494 g/mol. The van der Waals surface area contributed by atoms with E-state index in [0.29, 0.717) is 26.0 Å². The largest absolute Gasteiger partial charge is 0.492 e. The number of nitrogens with one attached hydrogen (secondary N) is 1. The van der Waals surface area contributed by atoms with Gasteiger partial charge in [0.15, 0.2) is 0 Å². The lowest BCUT2D eigenvalue weighted by Crippen LogP contribution is -2.37. The molecular formula is C25H27N5O4S. The molecule has 0 unspecified atom stereocenters. The van der Waals surface area contributed by atoms with Crippen molar-refractivity contribution < 1.29 is 19.7 Å². The first kappa shape index (κ1) is 22.4. The topological polar surface area (TPSA) is 120 Å². The zero-order valence-corrected chi connectivity index (χ0v) is 20.2. The van der Waals surface area contributed by atoms with E-state index in [-0.39, 0.29) is 24.9 Å². The zero-order chi connectivity index (χ0) is 24.1. The van der Waals surface area contributed by atoms with E-state index < -0.39 is 12.2 Å². The van der Waals surface area contributed by atoms with Crippen LogP contribution in [0.1, 0.15) is 34.9 Å². The van der Waals surface area contributed by atoms with Gasteiger partial charge in [0.05, 0.1) is 36.4 Å². The number of aryl methyl sites for hydroxylation is 1. The van der Waals surface area contributed by atoms with Crippen LogP contribution in [0.3, 0.4) is 0 Å². The van der Waals surface area contributed by atoms with E-state index >= 15 is 0 Å². The average Bonchev–Trinajstić information content (AvgIpc) is 3.55. The van der Waals surface area contributed by atoms with Crippen LogP contribution in [0.4, 0.5) is 11.5 Å². The number of anilines is 2. The summed E-state index contributed by atoms with van der Waals surface area (Å²) in [5.41, 5.74) is 4.26. The second kappa shape index (κ2) is 8.85. The Kier molecular flexibility index (Phi) is 5.66. The number of ether oxygens (including phenoxy) is 1. The molecule has 2 aromatic heterocycles. The molecule has 1 aromatic carbocycles. The second-order valence-electron chi connectivity index (χ2n) is 9.30. The third-order valence-corrected chi connectivity index (χ3v) is 8.21. The van der Waals surface area contributed by atoms with Crippen LogP contribution in [0.2, 0.25) is 0 Å². The van der Waals surface area contributed by atoms with Gasteiger partial charge in [-0.25, -0.2) is 9.97 Å². The number of hydrogen-bond donors (Lipinski definition) is 3. The van der Waals surface area contributed by atoms with Crippen molar-refractivity contribution in [2.75, 3.05) is 25.0 Å². The molecule has 10 heteroatoms. The number of β-amino-alcohol motifs (C(OH)–C–C–N with tert-alkyl or cyclic N) is 2. The van der Waals surface area contributed by atoms with Gasteiger partial charge in [-0.15, -0.1) is 11.3 Å². The van der Waals surface area contributed by atoms with Gasteiger partial charge in [0, 0.05) is 30.1 Å². The normalized spacial score (nSPS) is 22.9. The minimum atomic E-state index is -0.863. The number of aliphatic hydroxyl groups is 2. The van der Waals surface area contributed by atoms with Gasteiger partial charge in [-0.1, -0.05) is 0 Å². The van der Waals surface area contributed by atoms with Gasteiger partial charge in [0.1, 0.15) is 22.7 Å². The number of carbonyl (C=O) groups is 1. The van der Waals surface area contributed by atoms with Crippen molar-refractivity contribution in [2.45, 2.75) is 44.9 Å². The fourth-order valence-corrected chi connectivity index (χ4v) is 6.53. The number of aliphatic hydroxyl groups excluding tert-OH is 2. The summed E-state index contributed by atoms with van der Waals surface area (Å²) in [4.78, 5) is 30.2. The van der Waals surface area contributed by atoms with Crippen LogP contribution in [-0.2, 0) is 24.2 Å². The molecule has 9 nitrogen and oxygen atoms in total. The lowest BCUT2D eigenvalue weighted by molar-refractivity contribution is -0.135. The van der Waals surface area contributed by atoms with E-state index in [4.69, 9.17) is 4.74 Å². The molecule has 6 rings (SSSR count). The SMILES string of the molecule is CCOc1cc2c(cc1Nc1ncnc3sc4c(c13)CC[C@H](C(=O)N1C[C@@H](O)[C@H](O)C1)C4)C=NC2. The highest BCUT2D eigenvalue weighted by atomic mass is 32.1. The summed E-state index contributed by atoms with van der Waals surface area (Å²) in [6, 6.07) is 4.09. The molecule has 0 bridgehead atoms. The predicted octanol–water partition coefficient (Wildman–Crippen LogP) is 2.44. The van der Waals surface area contributed by atoms with Crippen molar-refractivity contribution in [1.29, 1.82) is 0 Å². The zero-order valence-electron chi connectivity index (χ0n) is 19.4. The fraction of sp³-hybridized carbons (Fsp3) is 0.440. The molecule has 35 heavy (non-hydrogen) atoms. The molecule has 3 aromatic rings. The van der Waals surface area contributed by atoms with E-state index in [1.165, 1.54) is 5.56 Å². The molecule has 2 aliphatic heterocycles. The van der Waals surface area contributed by atoms with Crippen LogP contribution in [0.5, 0.6) is 5.75 Å². The number of likely N-dealkylation sites (tertiary alicyclic amines) is 1. The van der Waals surface area contributed by atoms with E-state index in [1.54, 1.807) is 22.6 Å². The number of carbonyl (C=O) groups excluding carboxylic acids is 1. The Hall–Kier alpha value is -3.08. The van der Waals surface area contributed by atoms with E-state index in [0.717, 1.165) is 49.9 Å². The number of rotatable bonds is 5. The summed E-state index contributed by atoms with van der Waals surface area (Å²) in [6.07, 6.45) is 3.83. The van der Waals surface area contributed by atoms with E-state index in [9.17, 15) is 15.0 Å². The summed E-state index contributed by atoms with van der Waals surface area (Å²) in [6.45, 7) is 3.58. The lowest BCUT2D eigenvalue weighted by atomic mass is 9.87. The number of benzene rings is 1. The maximum atomic E-state index is 13.1. The quantitative estimate of drug-likeness (QED) is 0.499. The molecular weight excluding hydrogens is 466 g/mol. The third kappa shape index (κ3) is 3.95. The predicted molar refractivity (Wildman–Crippen MR) is 134 cm³/mol. The minimum absolute atomic E-state index is 0.00861. The van der Waals surface area contributed by atoms with Crippen LogP contribution in [-0.4, -0.2) is 69.1 Å². The molecule has 1 saturated heterocycles. The number of amides is 1. The van der Waals surface area contributed by atoms with Gasteiger partial charge in [-0.3, -0.25) is 9.79 Å². The van der Waals surface area contributed by atoms with Gasteiger partial charge in [-0.05, 0) is 55.0 Å². The van der Waals surface area contributed by atoms with Gasteiger partial charge in [-0.2, -0.15) is 0 Å². The molecule has 0 spiro atoms. The van der Waals surface area contributed by atoms with Gasteiger partial charge in [0.25, 0.3) is 0 Å². The molecule has 1 aliphatic carbocycles. The Morgan fingerprint density at radius 1 is 1.26 bits per heavy atom. The van der Waals surface area contributed by atoms with Crippen LogP contribution < -0.4 is 10.1 Å². The first-order valence-electron chi connectivity index (χ1n) is 12.0. The van der Waals surface area contributed by atoms with Crippen molar-refractivity contribution in [3.63, 3.8) is 0 Å². The molecule has 1 fully saturated rings. The summed E-state index contributed by atoms with van der Waals surface area (Å²) in [5.74, 6) is 1.36. The summed E-state index contributed by atoms with van der Waals surface area (Å²) < 4.78 is 5.91. The second-order valence-corrected chi connectivity index (χ2v) is 10.4. The molecule has 182 valence electrons. The van der Waals surface area contributed by atoms with Crippen molar-refractivity contribution >= 4 is 45.2 Å². The lowest BCUT2D eigenvalue weighted by Gasteiger charge is -2.26. The number of fused-ring (bicyclic) bond motifs is 4. The molecule has 0 radical (unpaired) electrons. The maximum absolute atomic E-state index is 13.1. The Morgan fingerprint density at radius 3 is 2.89 bits per heavy atom. The summed E-state index contributed by atoms with van der Waals surface area (Å²) in [7, 11) is 0. The van der Waals surface area contributed by atoms with Crippen LogP contribution in [0.15, 0.2) is 23.5 Å². The Bertz CT molecular complexity index is 1330. The fourth-order valence-electron chi connectivity index (χ4n) is 5.26. The minimum Gasteiger partial charge on any atom is -0.492 e. The highest BCUT2D eigenvalue weighted by Gasteiger charge is 2.37. The molecule has 0 saturated carbocycles. The van der Waals surface area contributed by atoms with Gasteiger partial charge in [0.2, 0.25) is 5.91 Å². The number of aromatic nitrogens is 2. The first-order valence-corrected chi connectivity index (χ1v) is 12.8. The molecule has 3 atom stereocenters. The van der Waals surface area contributed by atoms with E-state index in [2.05, 4.69) is 26.3 Å². The summed E-state index contributed by atoms with van der Waals surface area (Å²) in [5, 5.41) is 24.2. The van der Waals surface area contributed by atoms with Crippen molar-refractivity contribution in [1.82, 2.24) is 14.9 Å². The Balaban J connectivity index is 1.30. The number of hydrogen-bond acceptors (Lipinski definition) is 9. The number of nitrogens with zero attached hydrogens (tertiary/aromatic N) is 4. The molecule has 3 N–H and O–H groups in total. The van der Waals surface area contributed by atoms with Crippen molar-refractivity contribution in [3.05, 3.63) is 40.0 Å². The number of aliphatic imine (C=N–C) groups is 1. The van der Waals surface area contributed by atoms with Gasteiger partial charge >= 0.3 is 0 Å². The standard InChI is InChI=1S/C25H27N5O4S/c1-2-34-20-6-15-9-26-8-14(15)5-17(20)29-23-22-16-4-3-13(7-21(16)35-24(22)28-12-27-23)25(33)30-10-18(31)19(32)11-30/h5-6,8,12-13,18-19,31-32H,2-4,7,9-11H2,1H3,(H,27,28,29)/t13-,18+,19+/m0/s1. The molecule has 4 heterocycles. The third-order valence-electron chi connectivity index (χ3n) is 7.05. The van der Waals surface area contributed by atoms with Crippen LogP contribution >= 0.6 is 11.3 Å². The first-order chi connectivity index (χ1) is 17.0. The Morgan fingerprint density at radius 2 is 2.09 bits per heavy atom. The van der Waals surface area contributed by atoms with E-state index in [1.807, 2.05) is 19.2 Å². The molecule has 1 amide bonds. The highest BCUT2D eigenvalue weighted by Crippen LogP contribution is 2.42. The van der Waals surface area contributed by atoms with Gasteiger partial charge < -0.3 is 25.2 Å².